The van der Waals surface area contributed by atoms with Crippen molar-refractivity contribution in [1.29, 1.82) is 0 Å². The van der Waals surface area contributed by atoms with Crippen LogP contribution in [-0.2, 0) is 4.79 Å². The van der Waals surface area contributed by atoms with E-state index in [2.05, 4.69) is 10.6 Å². The van der Waals surface area contributed by atoms with Crippen molar-refractivity contribution >= 4 is 17.3 Å². The van der Waals surface area contributed by atoms with Gasteiger partial charge in [-0.25, -0.2) is 4.39 Å². The van der Waals surface area contributed by atoms with Crippen LogP contribution in [0.5, 0.6) is 5.75 Å². The van der Waals surface area contributed by atoms with Crippen molar-refractivity contribution in [2.45, 2.75) is 13.8 Å². The Hall–Kier alpha value is -2.56. The third-order valence-corrected chi connectivity index (χ3v) is 3.27. The molecule has 0 saturated heterocycles. The minimum absolute atomic E-state index is 0.0652. The van der Waals surface area contributed by atoms with Crippen LogP contribution in [-0.4, -0.2) is 19.6 Å². The van der Waals surface area contributed by atoms with Gasteiger partial charge in [0.15, 0.2) is 0 Å². The normalized spacial score (nSPS) is 10.2. The number of nitrogens with one attached hydrogen (secondary N) is 2. The van der Waals surface area contributed by atoms with Crippen LogP contribution in [0.2, 0.25) is 0 Å². The Morgan fingerprint density at radius 2 is 1.91 bits per heavy atom. The topological polar surface area (TPSA) is 50.4 Å². The maximum atomic E-state index is 13.2. The number of amides is 1. The molecule has 0 aliphatic heterocycles. The van der Waals surface area contributed by atoms with Crippen molar-refractivity contribution in [3.05, 3.63) is 53.3 Å². The minimum atomic E-state index is -0.380. The number of anilines is 2. The standard InChI is InChI=1S/C17H19FN2O2/c1-11-4-7-16(22-3)15(8-11)19-10-17(21)20-14-9-13(18)6-5-12(14)2/h4-9,19H,10H2,1-3H3,(H,20,21). The lowest BCUT2D eigenvalue weighted by Gasteiger charge is -2.13. The smallest absolute Gasteiger partial charge is 0.243 e. The molecule has 0 spiro atoms. The van der Waals surface area contributed by atoms with Crippen molar-refractivity contribution in [3.8, 4) is 5.75 Å². The van der Waals surface area contributed by atoms with Gasteiger partial charge >= 0.3 is 0 Å². The summed E-state index contributed by atoms with van der Waals surface area (Å²) in [5.74, 6) is 0.0341. The van der Waals surface area contributed by atoms with E-state index in [4.69, 9.17) is 4.74 Å². The molecular formula is C17H19FN2O2. The van der Waals surface area contributed by atoms with Gasteiger partial charge in [0, 0.05) is 5.69 Å². The van der Waals surface area contributed by atoms with Crippen LogP contribution < -0.4 is 15.4 Å². The highest BCUT2D eigenvalue weighted by Gasteiger charge is 2.08. The average molecular weight is 302 g/mol. The zero-order valence-corrected chi connectivity index (χ0v) is 12.9. The van der Waals surface area contributed by atoms with Crippen LogP contribution in [0.25, 0.3) is 0 Å². The highest BCUT2D eigenvalue weighted by molar-refractivity contribution is 5.94. The van der Waals surface area contributed by atoms with Gasteiger partial charge < -0.3 is 15.4 Å². The molecule has 2 N–H and O–H groups in total. The fraction of sp³-hybridized carbons (Fsp3) is 0.235. The van der Waals surface area contributed by atoms with E-state index in [0.29, 0.717) is 11.4 Å². The summed E-state index contributed by atoms with van der Waals surface area (Å²) in [5.41, 5.74) is 3.09. The second-order valence-corrected chi connectivity index (χ2v) is 5.06. The van der Waals surface area contributed by atoms with Gasteiger partial charge in [-0.3, -0.25) is 4.79 Å². The predicted octanol–water partition coefficient (Wildman–Crippen LogP) is 3.50. The fourth-order valence-electron chi connectivity index (χ4n) is 2.06. The summed E-state index contributed by atoms with van der Waals surface area (Å²) >= 11 is 0. The molecule has 2 rings (SSSR count). The van der Waals surface area contributed by atoms with Crippen molar-refractivity contribution in [3.63, 3.8) is 0 Å². The minimum Gasteiger partial charge on any atom is -0.495 e. The number of halogens is 1. The zero-order chi connectivity index (χ0) is 16.1. The monoisotopic (exact) mass is 302 g/mol. The number of aryl methyl sites for hydroxylation is 2. The first kappa shape index (κ1) is 15.8. The number of carbonyl (C=O) groups is 1. The molecule has 0 radical (unpaired) electrons. The Labute approximate surface area is 129 Å². The summed E-state index contributed by atoms with van der Waals surface area (Å²) in [6, 6.07) is 9.97. The Kier molecular flexibility index (Phi) is 4.99. The molecule has 0 bridgehead atoms. The second-order valence-electron chi connectivity index (χ2n) is 5.06. The van der Waals surface area contributed by atoms with Crippen LogP contribution in [0.4, 0.5) is 15.8 Å². The van der Waals surface area contributed by atoms with Crippen molar-refractivity contribution in [2.24, 2.45) is 0 Å². The van der Waals surface area contributed by atoms with Crippen LogP contribution in [0, 0.1) is 19.7 Å². The van der Waals surface area contributed by atoms with Gasteiger partial charge in [0.1, 0.15) is 11.6 Å². The van der Waals surface area contributed by atoms with Gasteiger partial charge in [-0.1, -0.05) is 12.1 Å². The van der Waals surface area contributed by atoms with Crippen LogP contribution in [0.1, 0.15) is 11.1 Å². The Morgan fingerprint density at radius 3 is 2.64 bits per heavy atom. The molecule has 0 aliphatic rings. The summed E-state index contributed by atoms with van der Waals surface area (Å²) in [4.78, 5) is 12.0. The number of methoxy groups -OCH3 is 1. The van der Waals surface area contributed by atoms with E-state index in [1.807, 2.05) is 32.0 Å². The van der Waals surface area contributed by atoms with Crippen molar-refractivity contribution in [1.82, 2.24) is 0 Å². The molecule has 1 amide bonds. The molecule has 22 heavy (non-hydrogen) atoms. The molecule has 0 aromatic heterocycles. The zero-order valence-electron chi connectivity index (χ0n) is 12.9. The van der Waals surface area contributed by atoms with Gasteiger partial charge in [-0.2, -0.15) is 0 Å². The van der Waals surface area contributed by atoms with Crippen molar-refractivity contribution in [2.75, 3.05) is 24.3 Å². The largest absolute Gasteiger partial charge is 0.495 e. The van der Waals surface area contributed by atoms with E-state index in [9.17, 15) is 9.18 Å². The molecule has 4 nitrogen and oxygen atoms in total. The van der Waals surface area contributed by atoms with Gasteiger partial charge in [-0.05, 0) is 49.2 Å². The highest BCUT2D eigenvalue weighted by Crippen LogP contribution is 2.25. The van der Waals surface area contributed by atoms with Gasteiger partial charge in [0.05, 0.1) is 19.3 Å². The molecule has 0 atom stereocenters. The molecular weight excluding hydrogens is 283 g/mol. The highest BCUT2D eigenvalue weighted by atomic mass is 19.1. The molecule has 2 aromatic rings. The Bertz CT molecular complexity index is 686. The summed E-state index contributed by atoms with van der Waals surface area (Å²) < 4.78 is 18.5. The number of rotatable bonds is 5. The number of benzene rings is 2. The predicted molar refractivity (Wildman–Crippen MR) is 86.0 cm³/mol. The Balaban J connectivity index is 2.01. The molecule has 2 aromatic carbocycles. The number of carbonyl (C=O) groups excluding carboxylic acids is 1. The van der Waals surface area contributed by atoms with E-state index in [1.54, 1.807) is 13.2 Å². The van der Waals surface area contributed by atoms with Crippen molar-refractivity contribution < 1.29 is 13.9 Å². The van der Waals surface area contributed by atoms with E-state index in [-0.39, 0.29) is 18.3 Å². The SMILES string of the molecule is COc1ccc(C)cc1NCC(=O)Nc1cc(F)ccc1C. The molecule has 0 heterocycles. The summed E-state index contributed by atoms with van der Waals surface area (Å²) in [7, 11) is 1.58. The molecule has 0 aliphatic carbocycles. The first-order valence-electron chi connectivity index (χ1n) is 6.94. The summed E-state index contributed by atoms with van der Waals surface area (Å²) in [6.07, 6.45) is 0. The molecule has 116 valence electrons. The second kappa shape index (κ2) is 6.93. The molecule has 0 unspecified atom stereocenters. The third kappa shape index (κ3) is 3.97. The van der Waals surface area contributed by atoms with Gasteiger partial charge in [0.2, 0.25) is 5.91 Å². The first-order chi connectivity index (χ1) is 10.5. The lowest BCUT2D eigenvalue weighted by molar-refractivity contribution is -0.114. The van der Waals surface area contributed by atoms with Crippen LogP contribution in [0.3, 0.4) is 0 Å². The summed E-state index contributed by atoms with van der Waals surface area (Å²) in [6.45, 7) is 3.84. The molecule has 5 heteroatoms. The lowest BCUT2D eigenvalue weighted by atomic mass is 10.2. The maximum Gasteiger partial charge on any atom is 0.243 e. The third-order valence-electron chi connectivity index (χ3n) is 3.27. The number of hydrogen-bond donors (Lipinski definition) is 2. The van der Waals surface area contributed by atoms with Gasteiger partial charge in [-0.15, -0.1) is 0 Å². The summed E-state index contributed by atoms with van der Waals surface area (Å²) in [5, 5.41) is 5.72. The number of ether oxygens (including phenoxy) is 1. The van der Waals surface area contributed by atoms with E-state index in [1.165, 1.54) is 12.1 Å². The quantitative estimate of drug-likeness (QED) is 0.888. The molecule has 0 saturated carbocycles. The Morgan fingerprint density at radius 1 is 1.14 bits per heavy atom. The fourth-order valence-corrected chi connectivity index (χ4v) is 2.06. The van der Waals surface area contributed by atoms with E-state index >= 15 is 0 Å². The number of hydrogen-bond acceptors (Lipinski definition) is 3. The average Bonchev–Trinajstić information content (AvgIpc) is 2.49. The van der Waals surface area contributed by atoms with Gasteiger partial charge in [0.25, 0.3) is 0 Å². The first-order valence-corrected chi connectivity index (χ1v) is 6.94. The van der Waals surface area contributed by atoms with E-state index < -0.39 is 0 Å². The lowest BCUT2D eigenvalue weighted by Crippen LogP contribution is -2.22. The van der Waals surface area contributed by atoms with Crippen LogP contribution in [0.15, 0.2) is 36.4 Å². The maximum absolute atomic E-state index is 13.2. The molecule has 0 fully saturated rings. The van der Waals surface area contributed by atoms with Crippen LogP contribution >= 0.6 is 0 Å². The van der Waals surface area contributed by atoms with E-state index in [0.717, 1.165) is 16.8 Å².